The minimum atomic E-state index is -0.303. The molecule has 4 N–H and O–H groups in total. The lowest BCUT2D eigenvalue weighted by molar-refractivity contribution is 0.0997. The molecule has 156 valence electrons. The lowest BCUT2D eigenvalue weighted by Gasteiger charge is -2.25. The summed E-state index contributed by atoms with van der Waals surface area (Å²) in [6, 6.07) is 11.6. The summed E-state index contributed by atoms with van der Waals surface area (Å²) in [5.74, 6) is 0.638. The number of amides is 1. The molecule has 0 atom stereocenters. The molecule has 1 aliphatic rings. The average molecular weight is 406 g/mol. The lowest BCUT2D eigenvalue weighted by atomic mass is 10.1. The standard InChI is InChI=1S/C23H27N5O2/c1-2-12-28(13-9-24)20-8-10-25-15-19(20)27-23(29)22-6-5-21(30-22)17-3-4-18-16(14-17)7-11-26-18/h3-6,8,10,14-15,26H,2,7,9,11-13,24H2,1H3,(H,27,29). The molecule has 0 spiro atoms. The summed E-state index contributed by atoms with van der Waals surface area (Å²) in [5.41, 5.74) is 10.7. The number of nitrogens with one attached hydrogen (secondary N) is 2. The largest absolute Gasteiger partial charge is 0.451 e. The van der Waals surface area contributed by atoms with Gasteiger partial charge in [0.15, 0.2) is 5.76 Å². The zero-order valence-corrected chi connectivity index (χ0v) is 17.1. The lowest BCUT2D eigenvalue weighted by Crippen LogP contribution is -2.31. The number of furan rings is 1. The number of carbonyl (C=O) groups is 1. The molecule has 0 fully saturated rings. The van der Waals surface area contributed by atoms with Crippen LogP contribution in [-0.4, -0.2) is 37.1 Å². The van der Waals surface area contributed by atoms with Crippen LogP contribution < -0.4 is 21.3 Å². The predicted molar refractivity (Wildman–Crippen MR) is 120 cm³/mol. The summed E-state index contributed by atoms with van der Waals surface area (Å²) < 4.78 is 5.87. The van der Waals surface area contributed by atoms with Crippen molar-refractivity contribution in [3.8, 4) is 11.3 Å². The number of hydrogen-bond donors (Lipinski definition) is 3. The van der Waals surface area contributed by atoms with Gasteiger partial charge in [0, 0.05) is 43.6 Å². The number of benzene rings is 1. The first-order valence-corrected chi connectivity index (χ1v) is 10.4. The molecule has 30 heavy (non-hydrogen) atoms. The Balaban J connectivity index is 1.53. The summed E-state index contributed by atoms with van der Waals surface area (Å²) in [5, 5.41) is 6.29. The number of nitrogens with two attached hydrogens (primary N) is 1. The van der Waals surface area contributed by atoms with Crippen molar-refractivity contribution in [1.29, 1.82) is 0 Å². The minimum Gasteiger partial charge on any atom is -0.451 e. The van der Waals surface area contributed by atoms with Crippen LogP contribution in [0, 0.1) is 0 Å². The monoisotopic (exact) mass is 405 g/mol. The van der Waals surface area contributed by atoms with Crippen molar-refractivity contribution in [1.82, 2.24) is 4.98 Å². The maximum Gasteiger partial charge on any atom is 0.291 e. The Morgan fingerprint density at radius 2 is 2.17 bits per heavy atom. The van der Waals surface area contributed by atoms with E-state index in [-0.39, 0.29) is 11.7 Å². The molecule has 0 saturated heterocycles. The van der Waals surface area contributed by atoms with Gasteiger partial charge >= 0.3 is 0 Å². The van der Waals surface area contributed by atoms with Crippen molar-refractivity contribution in [2.45, 2.75) is 19.8 Å². The predicted octanol–water partition coefficient (Wildman–Crippen LogP) is 3.74. The molecular weight excluding hydrogens is 378 g/mol. The molecule has 0 aliphatic carbocycles. The molecule has 1 aliphatic heterocycles. The van der Waals surface area contributed by atoms with Crippen molar-refractivity contribution in [2.24, 2.45) is 5.73 Å². The molecule has 4 rings (SSSR count). The van der Waals surface area contributed by atoms with Crippen LogP contribution in [0.3, 0.4) is 0 Å². The number of rotatable bonds is 8. The van der Waals surface area contributed by atoms with Gasteiger partial charge in [0.25, 0.3) is 5.91 Å². The van der Waals surface area contributed by atoms with E-state index in [1.807, 2.05) is 18.2 Å². The van der Waals surface area contributed by atoms with E-state index in [1.165, 1.54) is 11.3 Å². The van der Waals surface area contributed by atoms with Crippen LogP contribution in [0.4, 0.5) is 17.1 Å². The quantitative estimate of drug-likeness (QED) is 0.528. The average Bonchev–Trinajstić information content (AvgIpc) is 3.43. The molecule has 7 nitrogen and oxygen atoms in total. The molecular formula is C23H27N5O2. The molecule has 3 aromatic rings. The Kier molecular flexibility index (Phi) is 5.99. The van der Waals surface area contributed by atoms with Gasteiger partial charge in [-0.25, -0.2) is 0 Å². The molecule has 0 bridgehead atoms. The van der Waals surface area contributed by atoms with Gasteiger partial charge in [0.05, 0.1) is 17.6 Å². The fourth-order valence-electron chi connectivity index (χ4n) is 3.79. The highest BCUT2D eigenvalue weighted by molar-refractivity contribution is 6.04. The zero-order chi connectivity index (χ0) is 20.9. The van der Waals surface area contributed by atoms with Crippen LogP contribution in [0.15, 0.2) is 53.2 Å². The van der Waals surface area contributed by atoms with Gasteiger partial charge in [-0.1, -0.05) is 6.92 Å². The first-order valence-electron chi connectivity index (χ1n) is 10.4. The molecule has 1 aromatic carbocycles. The maximum absolute atomic E-state index is 12.9. The molecule has 0 saturated carbocycles. The van der Waals surface area contributed by atoms with Crippen LogP contribution in [0.1, 0.15) is 29.5 Å². The highest BCUT2D eigenvalue weighted by Gasteiger charge is 2.18. The van der Waals surface area contributed by atoms with E-state index in [4.69, 9.17) is 10.2 Å². The summed E-state index contributed by atoms with van der Waals surface area (Å²) in [6.07, 6.45) is 5.35. The van der Waals surface area contributed by atoms with Crippen molar-refractivity contribution in [3.63, 3.8) is 0 Å². The molecule has 3 heterocycles. The number of hydrogen-bond acceptors (Lipinski definition) is 6. The van der Waals surface area contributed by atoms with Gasteiger partial charge in [0.1, 0.15) is 5.76 Å². The van der Waals surface area contributed by atoms with Gasteiger partial charge in [-0.15, -0.1) is 0 Å². The van der Waals surface area contributed by atoms with Crippen LogP contribution in [0.2, 0.25) is 0 Å². The van der Waals surface area contributed by atoms with Crippen LogP contribution in [0.25, 0.3) is 11.3 Å². The normalized spacial score (nSPS) is 12.3. The third-order valence-corrected chi connectivity index (χ3v) is 5.21. The van der Waals surface area contributed by atoms with Crippen molar-refractivity contribution >= 4 is 23.0 Å². The first kappa shape index (κ1) is 20.0. The first-order chi connectivity index (χ1) is 14.7. The van der Waals surface area contributed by atoms with Crippen molar-refractivity contribution in [2.75, 3.05) is 41.7 Å². The van der Waals surface area contributed by atoms with Gasteiger partial charge in [0.2, 0.25) is 0 Å². The number of anilines is 3. The van der Waals surface area contributed by atoms with E-state index in [9.17, 15) is 4.79 Å². The SMILES string of the molecule is CCCN(CCN)c1ccncc1NC(=O)c1ccc(-c2ccc3c(c2)CCN3)o1. The molecule has 7 heteroatoms. The Morgan fingerprint density at radius 3 is 3.00 bits per heavy atom. The Hall–Kier alpha value is -3.32. The minimum absolute atomic E-state index is 0.263. The second kappa shape index (κ2) is 9.00. The van der Waals surface area contributed by atoms with Gasteiger partial charge < -0.3 is 25.7 Å². The highest BCUT2D eigenvalue weighted by Crippen LogP contribution is 2.30. The Morgan fingerprint density at radius 1 is 1.27 bits per heavy atom. The van der Waals surface area contributed by atoms with Crippen LogP contribution >= 0.6 is 0 Å². The smallest absolute Gasteiger partial charge is 0.291 e. The number of carbonyl (C=O) groups excluding carboxylic acids is 1. The van der Waals surface area contributed by atoms with Gasteiger partial charge in [-0.2, -0.15) is 0 Å². The highest BCUT2D eigenvalue weighted by atomic mass is 16.3. The van der Waals surface area contributed by atoms with E-state index in [2.05, 4.69) is 39.6 Å². The van der Waals surface area contributed by atoms with Gasteiger partial charge in [-0.05, 0) is 54.8 Å². The van der Waals surface area contributed by atoms with E-state index in [0.717, 1.165) is 37.2 Å². The second-order valence-corrected chi connectivity index (χ2v) is 7.34. The van der Waals surface area contributed by atoms with E-state index in [1.54, 1.807) is 18.5 Å². The fraction of sp³-hybridized carbons (Fsp3) is 0.304. The van der Waals surface area contributed by atoms with E-state index < -0.39 is 0 Å². The molecule has 2 aromatic heterocycles. The number of fused-ring (bicyclic) bond motifs is 1. The zero-order valence-electron chi connectivity index (χ0n) is 17.1. The summed E-state index contributed by atoms with van der Waals surface area (Å²) >= 11 is 0. The van der Waals surface area contributed by atoms with Crippen LogP contribution in [0.5, 0.6) is 0 Å². The summed E-state index contributed by atoms with van der Waals surface area (Å²) in [6.45, 7) is 5.16. The third kappa shape index (κ3) is 4.16. The number of pyridine rings is 1. The number of aromatic nitrogens is 1. The van der Waals surface area contributed by atoms with Crippen LogP contribution in [-0.2, 0) is 6.42 Å². The fourth-order valence-corrected chi connectivity index (χ4v) is 3.79. The topological polar surface area (TPSA) is 96.4 Å². The third-order valence-electron chi connectivity index (χ3n) is 5.21. The van der Waals surface area contributed by atoms with Crippen molar-refractivity contribution in [3.05, 3.63) is 60.1 Å². The van der Waals surface area contributed by atoms with E-state index in [0.29, 0.717) is 24.5 Å². The Labute approximate surface area is 176 Å². The van der Waals surface area contributed by atoms with Crippen molar-refractivity contribution < 1.29 is 9.21 Å². The summed E-state index contributed by atoms with van der Waals surface area (Å²) in [4.78, 5) is 19.2. The van der Waals surface area contributed by atoms with Gasteiger partial charge in [-0.3, -0.25) is 9.78 Å². The Bertz CT molecular complexity index is 1020. The molecule has 0 radical (unpaired) electrons. The maximum atomic E-state index is 12.9. The number of nitrogens with zero attached hydrogens (tertiary/aromatic N) is 2. The second-order valence-electron chi connectivity index (χ2n) is 7.34. The molecule has 1 amide bonds. The van der Waals surface area contributed by atoms with E-state index >= 15 is 0 Å². The summed E-state index contributed by atoms with van der Waals surface area (Å²) in [7, 11) is 0. The molecule has 0 unspecified atom stereocenters.